The number of Topliss-reactive ketones (excluding diaryl/α,β-unsaturated/α-hetero) is 1. The molecule has 3 rings (SSSR count). The van der Waals surface area contributed by atoms with Gasteiger partial charge in [-0.25, -0.2) is 14.8 Å². The van der Waals surface area contributed by atoms with Crippen molar-refractivity contribution in [2.75, 3.05) is 31.1 Å². The van der Waals surface area contributed by atoms with Crippen LogP contribution in [0.3, 0.4) is 0 Å². The summed E-state index contributed by atoms with van der Waals surface area (Å²) in [6, 6.07) is 0. The van der Waals surface area contributed by atoms with Crippen LogP contribution in [0, 0.1) is 0 Å². The van der Waals surface area contributed by atoms with Crippen LogP contribution in [0.4, 0.5) is 10.6 Å². The molecule has 7 nitrogen and oxygen atoms in total. The lowest BCUT2D eigenvalue weighted by molar-refractivity contribution is 0.0240. The van der Waals surface area contributed by atoms with Crippen molar-refractivity contribution < 1.29 is 14.3 Å². The van der Waals surface area contributed by atoms with Crippen LogP contribution < -0.4 is 4.90 Å². The van der Waals surface area contributed by atoms with Gasteiger partial charge < -0.3 is 14.5 Å². The Morgan fingerprint density at radius 1 is 1.21 bits per heavy atom. The number of amides is 1. The molecule has 1 atom stereocenters. The summed E-state index contributed by atoms with van der Waals surface area (Å²) in [5, 5.41) is 0. The van der Waals surface area contributed by atoms with Crippen LogP contribution in [0.5, 0.6) is 0 Å². The van der Waals surface area contributed by atoms with E-state index >= 15 is 0 Å². The number of aromatic nitrogens is 2. The van der Waals surface area contributed by atoms with E-state index in [-0.39, 0.29) is 17.8 Å². The highest BCUT2D eigenvalue weighted by molar-refractivity contribution is 6.00. The van der Waals surface area contributed by atoms with Crippen molar-refractivity contribution in [1.82, 2.24) is 14.9 Å². The first-order chi connectivity index (χ1) is 11.3. The second kappa shape index (κ2) is 6.03. The van der Waals surface area contributed by atoms with Gasteiger partial charge in [-0.3, -0.25) is 4.79 Å². The van der Waals surface area contributed by atoms with Crippen molar-refractivity contribution in [3.8, 4) is 0 Å². The van der Waals surface area contributed by atoms with Crippen LogP contribution in [-0.2, 0) is 4.74 Å². The van der Waals surface area contributed by atoms with Crippen molar-refractivity contribution in [3.63, 3.8) is 0 Å². The summed E-state index contributed by atoms with van der Waals surface area (Å²) in [5.41, 5.74) is 1.02. The zero-order chi connectivity index (χ0) is 17.5. The summed E-state index contributed by atoms with van der Waals surface area (Å²) >= 11 is 0. The second-order valence-electron chi connectivity index (χ2n) is 7.44. The predicted molar refractivity (Wildman–Crippen MR) is 89.4 cm³/mol. The van der Waals surface area contributed by atoms with E-state index in [0.29, 0.717) is 38.3 Å². The lowest BCUT2D eigenvalue weighted by Gasteiger charge is -2.36. The number of nitrogens with zero attached hydrogens (tertiary/aromatic N) is 4. The highest BCUT2D eigenvalue weighted by Crippen LogP contribution is 2.37. The molecule has 1 aromatic heterocycles. The maximum Gasteiger partial charge on any atom is 0.410 e. The summed E-state index contributed by atoms with van der Waals surface area (Å²) < 4.78 is 5.42. The molecule has 0 unspecified atom stereocenters. The van der Waals surface area contributed by atoms with Gasteiger partial charge in [-0.2, -0.15) is 0 Å². The summed E-state index contributed by atoms with van der Waals surface area (Å²) in [6.07, 6.45) is 1.68. The van der Waals surface area contributed by atoms with Gasteiger partial charge in [-0.15, -0.1) is 0 Å². The van der Waals surface area contributed by atoms with E-state index in [1.54, 1.807) is 4.90 Å². The topological polar surface area (TPSA) is 75.6 Å². The number of hydrogen-bond acceptors (Lipinski definition) is 6. The largest absolute Gasteiger partial charge is 0.444 e. The van der Waals surface area contributed by atoms with Crippen LogP contribution >= 0.6 is 0 Å². The summed E-state index contributed by atoms with van der Waals surface area (Å²) in [7, 11) is 0. The molecule has 0 N–H and O–H groups in total. The molecule has 2 aliphatic rings. The van der Waals surface area contributed by atoms with Gasteiger partial charge >= 0.3 is 6.09 Å². The van der Waals surface area contributed by atoms with Crippen molar-refractivity contribution >= 4 is 17.7 Å². The molecule has 0 spiro atoms. The Bertz CT molecular complexity index is 660. The average molecular weight is 332 g/mol. The molecule has 1 fully saturated rings. The molecule has 0 radical (unpaired) electrons. The highest BCUT2D eigenvalue weighted by Gasteiger charge is 2.34. The van der Waals surface area contributed by atoms with Crippen molar-refractivity contribution in [1.29, 1.82) is 0 Å². The standard InChI is InChI=1S/C17H24N4O3/c1-11-9-12(22)14-13(11)15(19-10-18-14)20-5-7-21(8-6-20)16(23)24-17(2,3)4/h10-11H,5-9H2,1-4H3/t11-/m0/s1. The Morgan fingerprint density at radius 3 is 2.50 bits per heavy atom. The van der Waals surface area contributed by atoms with Gasteiger partial charge in [0.05, 0.1) is 0 Å². The number of fused-ring (bicyclic) bond motifs is 1. The molecule has 24 heavy (non-hydrogen) atoms. The monoisotopic (exact) mass is 332 g/mol. The van der Waals surface area contributed by atoms with Gasteiger partial charge in [0, 0.05) is 38.2 Å². The molecule has 2 heterocycles. The number of rotatable bonds is 1. The SMILES string of the molecule is C[C@H]1CC(=O)c2ncnc(N3CCN(C(=O)OC(C)(C)C)CC3)c21. The van der Waals surface area contributed by atoms with Gasteiger partial charge in [0.15, 0.2) is 5.78 Å². The van der Waals surface area contributed by atoms with E-state index in [2.05, 4.69) is 14.9 Å². The molecule has 1 aliphatic heterocycles. The number of carbonyl (C=O) groups is 2. The van der Waals surface area contributed by atoms with Crippen LogP contribution in [0.25, 0.3) is 0 Å². The first kappa shape index (κ1) is 16.7. The lowest BCUT2D eigenvalue weighted by atomic mass is 10.1. The van der Waals surface area contributed by atoms with E-state index in [1.807, 2.05) is 27.7 Å². The average Bonchev–Trinajstić information content (AvgIpc) is 2.81. The minimum Gasteiger partial charge on any atom is -0.444 e. The van der Waals surface area contributed by atoms with Gasteiger partial charge in [-0.05, 0) is 26.7 Å². The molecule has 7 heteroatoms. The van der Waals surface area contributed by atoms with E-state index < -0.39 is 5.60 Å². The first-order valence-electron chi connectivity index (χ1n) is 8.37. The Balaban J connectivity index is 1.70. The fourth-order valence-electron chi connectivity index (χ4n) is 3.22. The fraction of sp³-hybridized carbons (Fsp3) is 0.647. The number of anilines is 1. The smallest absolute Gasteiger partial charge is 0.410 e. The Morgan fingerprint density at radius 2 is 1.88 bits per heavy atom. The van der Waals surface area contributed by atoms with Crippen LogP contribution in [0.15, 0.2) is 6.33 Å². The summed E-state index contributed by atoms with van der Waals surface area (Å²) in [5.74, 6) is 1.07. The Labute approximate surface area is 142 Å². The van der Waals surface area contributed by atoms with E-state index in [1.165, 1.54) is 6.33 Å². The maximum atomic E-state index is 12.2. The van der Waals surface area contributed by atoms with Crippen LogP contribution in [0.1, 0.15) is 56.1 Å². The lowest BCUT2D eigenvalue weighted by Crippen LogP contribution is -2.50. The van der Waals surface area contributed by atoms with Gasteiger partial charge in [0.2, 0.25) is 0 Å². The Kier molecular flexibility index (Phi) is 4.19. The number of hydrogen-bond donors (Lipinski definition) is 0. The molecule has 130 valence electrons. The van der Waals surface area contributed by atoms with E-state index in [0.717, 1.165) is 11.4 Å². The zero-order valence-corrected chi connectivity index (χ0v) is 14.7. The zero-order valence-electron chi connectivity index (χ0n) is 14.7. The number of ether oxygens (including phenoxy) is 1. The number of carbonyl (C=O) groups excluding carboxylic acids is 2. The van der Waals surface area contributed by atoms with Gasteiger partial charge in [0.1, 0.15) is 23.4 Å². The predicted octanol–water partition coefficient (Wildman–Crippen LogP) is 2.22. The molecule has 0 aromatic carbocycles. The minimum atomic E-state index is -0.489. The van der Waals surface area contributed by atoms with Crippen molar-refractivity contribution in [3.05, 3.63) is 17.6 Å². The third-order valence-corrected chi connectivity index (χ3v) is 4.34. The third-order valence-electron chi connectivity index (χ3n) is 4.34. The first-order valence-corrected chi connectivity index (χ1v) is 8.37. The Hall–Kier alpha value is -2.18. The molecule has 1 aliphatic carbocycles. The van der Waals surface area contributed by atoms with Crippen LogP contribution in [-0.4, -0.2) is 58.5 Å². The number of piperazine rings is 1. The second-order valence-corrected chi connectivity index (χ2v) is 7.44. The summed E-state index contributed by atoms with van der Waals surface area (Å²) in [6.45, 7) is 10.1. The molecule has 1 aromatic rings. The van der Waals surface area contributed by atoms with Crippen LogP contribution in [0.2, 0.25) is 0 Å². The molecule has 0 saturated carbocycles. The summed E-state index contributed by atoms with van der Waals surface area (Å²) in [4.78, 5) is 36.6. The molecular weight excluding hydrogens is 308 g/mol. The molecule has 1 saturated heterocycles. The highest BCUT2D eigenvalue weighted by atomic mass is 16.6. The normalized spacial score (nSPS) is 21.0. The maximum absolute atomic E-state index is 12.2. The fourth-order valence-corrected chi connectivity index (χ4v) is 3.22. The molecule has 1 amide bonds. The van der Waals surface area contributed by atoms with Gasteiger partial charge in [-0.1, -0.05) is 6.92 Å². The van der Waals surface area contributed by atoms with Crippen molar-refractivity contribution in [2.45, 2.75) is 45.6 Å². The van der Waals surface area contributed by atoms with E-state index in [9.17, 15) is 9.59 Å². The quantitative estimate of drug-likeness (QED) is 0.785. The minimum absolute atomic E-state index is 0.0912. The number of ketones is 1. The molecular formula is C17H24N4O3. The van der Waals surface area contributed by atoms with Gasteiger partial charge in [0.25, 0.3) is 0 Å². The molecule has 0 bridgehead atoms. The van der Waals surface area contributed by atoms with Crippen molar-refractivity contribution in [2.24, 2.45) is 0 Å². The van der Waals surface area contributed by atoms with E-state index in [4.69, 9.17) is 4.74 Å². The third kappa shape index (κ3) is 3.20.